The highest BCUT2D eigenvalue weighted by Crippen LogP contribution is 2.20. The van der Waals surface area contributed by atoms with Gasteiger partial charge in [0, 0.05) is 44.2 Å². The fraction of sp³-hybridized carbons (Fsp3) is 1.00. The van der Waals surface area contributed by atoms with E-state index in [1.165, 1.54) is 19.5 Å². The lowest BCUT2D eigenvalue weighted by Gasteiger charge is -2.32. The van der Waals surface area contributed by atoms with Crippen molar-refractivity contribution in [3.63, 3.8) is 0 Å². The van der Waals surface area contributed by atoms with Crippen LogP contribution in [0.4, 0.5) is 0 Å². The fourth-order valence-electron chi connectivity index (χ4n) is 3.35. The van der Waals surface area contributed by atoms with Gasteiger partial charge in [0.2, 0.25) is 0 Å². The van der Waals surface area contributed by atoms with E-state index in [-0.39, 0.29) is 6.04 Å². The molecule has 3 aliphatic rings. The van der Waals surface area contributed by atoms with Crippen molar-refractivity contribution in [3.8, 4) is 0 Å². The predicted octanol–water partition coefficient (Wildman–Crippen LogP) is -0.633. The standard InChI is InChI=1S/C13H25N3O2/c14-13-10-18-9-11(13)7-15-2-1-12(8-15)16-3-5-17-6-4-16/h11-13H,1-10,14H2. The van der Waals surface area contributed by atoms with Gasteiger partial charge in [-0.15, -0.1) is 0 Å². The third kappa shape index (κ3) is 2.86. The molecule has 0 aromatic carbocycles. The largest absolute Gasteiger partial charge is 0.379 e. The Bertz CT molecular complexity index is 271. The monoisotopic (exact) mass is 255 g/mol. The van der Waals surface area contributed by atoms with E-state index in [2.05, 4.69) is 9.80 Å². The lowest BCUT2D eigenvalue weighted by Crippen LogP contribution is -2.45. The first-order chi connectivity index (χ1) is 8.83. The zero-order valence-electron chi connectivity index (χ0n) is 11.1. The van der Waals surface area contributed by atoms with Gasteiger partial charge in [-0.2, -0.15) is 0 Å². The topological polar surface area (TPSA) is 51.0 Å². The van der Waals surface area contributed by atoms with Gasteiger partial charge < -0.3 is 20.1 Å². The molecule has 0 aliphatic carbocycles. The molecular weight excluding hydrogens is 230 g/mol. The molecule has 18 heavy (non-hydrogen) atoms. The Balaban J connectivity index is 1.46. The molecule has 3 saturated heterocycles. The third-order valence-corrected chi connectivity index (χ3v) is 4.55. The second-order valence-corrected chi connectivity index (χ2v) is 5.81. The first kappa shape index (κ1) is 12.8. The van der Waals surface area contributed by atoms with Crippen LogP contribution in [0, 0.1) is 5.92 Å². The smallest absolute Gasteiger partial charge is 0.0621 e. The average Bonchev–Trinajstić information content (AvgIpc) is 3.02. The van der Waals surface area contributed by atoms with E-state index < -0.39 is 0 Å². The van der Waals surface area contributed by atoms with E-state index in [0.29, 0.717) is 5.92 Å². The predicted molar refractivity (Wildman–Crippen MR) is 69.5 cm³/mol. The summed E-state index contributed by atoms with van der Waals surface area (Å²) in [6.07, 6.45) is 1.29. The van der Waals surface area contributed by atoms with Crippen LogP contribution in [0.3, 0.4) is 0 Å². The van der Waals surface area contributed by atoms with E-state index in [1.807, 2.05) is 0 Å². The normalized spacial score (nSPS) is 39.5. The minimum Gasteiger partial charge on any atom is -0.379 e. The Hall–Kier alpha value is -0.200. The van der Waals surface area contributed by atoms with Gasteiger partial charge in [-0.05, 0) is 13.0 Å². The Labute approximate surface area is 109 Å². The number of nitrogens with two attached hydrogens (primary N) is 1. The van der Waals surface area contributed by atoms with Gasteiger partial charge in [-0.25, -0.2) is 0 Å². The van der Waals surface area contributed by atoms with E-state index in [1.54, 1.807) is 0 Å². The van der Waals surface area contributed by atoms with Gasteiger partial charge in [0.1, 0.15) is 0 Å². The molecule has 3 heterocycles. The van der Waals surface area contributed by atoms with Crippen LogP contribution in [-0.4, -0.2) is 81.0 Å². The minimum absolute atomic E-state index is 0.243. The van der Waals surface area contributed by atoms with Gasteiger partial charge in [0.15, 0.2) is 0 Å². The number of ether oxygens (including phenoxy) is 2. The summed E-state index contributed by atoms with van der Waals surface area (Å²) in [5.41, 5.74) is 6.06. The molecule has 3 aliphatic heterocycles. The number of morpholine rings is 1. The Kier molecular flexibility index (Phi) is 4.16. The molecule has 0 saturated carbocycles. The third-order valence-electron chi connectivity index (χ3n) is 4.55. The molecule has 3 fully saturated rings. The second-order valence-electron chi connectivity index (χ2n) is 5.81. The minimum atomic E-state index is 0.243. The number of hydrogen-bond acceptors (Lipinski definition) is 5. The first-order valence-corrected chi connectivity index (χ1v) is 7.20. The van der Waals surface area contributed by atoms with Crippen molar-refractivity contribution in [1.82, 2.24) is 9.80 Å². The van der Waals surface area contributed by atoms with Crippen molar-refractivity contribution in [2.24, 2.45) is 11.7 Å². The van der Waals surface area contributed by atoms with Gasteiger partial charge >= 0.3 is 0 Å². The summed E-state index contributed by atoms with van der Waals surface area (Å²) in [7, 11) is 0. The molecule has 5 nitrogen and oxygen atoms in total. The second kappa shape index (κ2) is 5.84. The zero-order valence-corrected chi connectivity index (χ0v) is 11.1. The van der Waals surface area contributed by atoms with Crippen molar-refractivity contribution in [2.45, 2.75) is 18.5 Å². The van der Waals surface area contributed by atoms with Crippen molar-refractivity contribution in [1.29, 1.82) is 0 Å². The highest BCUT2D eigenvalue weighted by atomic mass is 16.5. The summed E-state index contributed by atoms with van der Waals surface area (Å²) < 4.78 is 10.9. The van der Waals surface area contributed by atoms with Gasteiger partial charge in [-0.1, -0.05) is 0 Å². The Morgan fingerprint density at radius 1 is 1.06 bits per heavy atom. The summed E-state index contributed by atoms with van der Waals surface area (Å²) in [6.45, 7) is 9.12. The molecule has 0 radical (unpaired) electrons. The van der Waals surface area contributed by atoms with Gasteiger partial charge in [0.05, 0.1) is 26.4 Å². The molecular formula is C13H25N3O2. The van der Waals surface area contributed by atoms with E-state index >= 15 is 0 Å². The quantitative estimate of drug-likeness (QED) is 0.727. The van der Waals surface area contributed by atoms with Crippen LogP contribution in [-0.2, 0) is 9.47 Å². The molecule has 0 aromatic heterocycles. The molecule has 5 heteroatoms. The Morgan fingerprint density at radius 2 is 1.89 bits per heavy atom. The maximum atomic E-state index is 6.06. The SMILES string of the molecule is NC1COCC1CN1CCC(N2CCOCC2)C1. The Morgan fingerprint density at radius 3 is 2.61 bits per heavy atom. The van der Waals surface area contributed by atoms with Crippen LogP contribution in [0.1, 0.15) is 6.42 Å². The number of rotatable bonds is 3. The van der Waals surface area contributed by atoms with Crippen LogP contribution in [0.5, 0.6) is 0 Å². The van der Waals surface area contributed by atoms with Crippen molar-refractivity contribution >= 4 is 0 Å². The van der Waals surface area contributed by atoms with Crippen LogP contribution in [0.25, 0.3) is 0 Å². The molecule has 3 rings (SSSR count). The van der Waals surface area contributed by atoms with Crippen molar-refractivity contribution < 1.29 is 9.47 Å². The summed E-state index contributed by atoms with van der Waals surface area (Å²) in [5, 5.41) is 0. The maximum absolute atomic E-state index is 6.06. The molecule has 3 unspecified atom stereocenters. The highest BCUT2D eigenvalue weighted by molar-refractivity contribution is 4.88. The van der Waals surface area contributed by atoms with Crippen molar-refractivity contribution in [3.05, 3.63) is 0 Å². The van der Waals surface area contributed by atoms with Crippen LogP contribution in [0.2, 0.25) is 0 Å². The highest BCUT2D eigenvalue weighted by Gasteiger charge is 2.32. The van der Waals surface area contributed by atoms with Crippen molar-refractivity contribution in [2.75, 3.05) is 59.2 Å². The first-order valence-electron chi connectivity index (χ1n) is 7.20. The number of likely N-dealkylation sites (tertiary alicyclic amines) is 1. The van der Waals surface area contributed by atoms with Crippen LogP contribution in [0.15, 0.2) is 0 Å². The summed E-state index contributed by atoms with van der Waals surface area (Å²) in [4.78, 5) is 5.16. The summed E-state index contributed by atoms with van der Waals surface area (Å²) in [5.74, 6) is 0.536. The molecule has 0 amide bonds. The van der Waals surface area contributed by atoms with E-state index in [9.17, 15) is 0 Å². The van der Waals surface area contributed by atoms with Crippen LogP contribution < -0.4 is 5.73 Å². The summed E-state index contributed by atoms with van der Waals surface area (Å²) >= 11 is 0. The van der Waals surface area contributed by atoms with Crippen LogP contribution >= 0.6 is 0 Å². The van der Waals surface area contributed by atoms with Gasteiger partial charge in [-0.3, -0.25) is 4.90 Å². The molecule has 2 N–H and O–H groups in total. The lowest BCUT2D eigenvalue weighted by molar-refractivity contribution is 0.0182. The molecule has 3 atom stereocenters. The molecule has 0 bridgehead atoms. The lowest BCUT2D eigenvalue weighted by atomic mass is 10.0. The van der Waals surface area contributed by atoms with Gasteiger partial charge in [0.25, 0.3) is 0 Å². The molecule has 0 aromatic rings. The zero-order chi connectivity index (χ0) is 12.4. The summed E-state index contributed by atoms with van der Waals surface area (Å²) in [6, 6.07) is 0.972. The number of hydrogen-bond donors (Lipinski definition) is 1. The van der Waals surface area contributed by atoms with E-state index in [4.69, 9.17) is 15.2 Å². The molecule has 0 spiro atoms. The average molecular weight is 255 g/mol. The maximum Gasteiger partial charge on any atom is 0.0621 e. The fourth-order valence-corrected chi connectivity index (χ4v) is 3.35. The molecule has 104 valence electrons. The van der Waals surface area contributed by atoms with E-state index in [0.717, 1.165) is 52.1 Å². The number of nitrogens with zero attached hydrogens (tertiary/aromatic N) is 2.